The van der Waals surface area contributed by atoms with Crippen molar-refractivity contribution in [1.29, 1.82) is 0 Å². The van der Waals surface area contributed by atoms with E-state index in [0.717, 1.165) is 0 Å². The van der Waals surface area contributed by atoms with Crippen LogP contribution in [-0.4, -0.2) is 22.0 Å². The van der Waals surface area contributed by atoms with E-state index < -0.39 is 11.8 Å². The van der Waals surface area contributed by atoms with Gasteiger partial charge in [-0.25, -0.2) is 0 Å². The minimum absolute atomic E-state index is 0. The van der Waals surface area contributed by atoms with Crippen LogP contribution in [0.1, 0.15) is 0 Å². The van der Waals surface area contributed by atoms with Crippen LogP contribution >= 0.6 is 12.4 Å². The van der Waals surface area contributed by atoms with Gasteiger partial charge in [0, 0.05) is 0 Å². The van der Waals surface area contributed by atoms with Crippen LogP contribution in [0.15, 0.2) is 24.3 Å². The lowest BCUT2D eigenvalue weighted by atomic mass is 10.0. The van der Waals surface area contributed by atoms with Gasteiger partial charge in [0.2, 0.25) is 0 Å². The third-order valence-corrected chi connectivity index (χ3v) is 1.24. The van der Waals surface area contributed by atoms with Gasteiger partial charge in [-0.3, -0.25) is 5.73 Å². The highest BCUT2D eigenvalue weighted by molar-refractivity contribution is 5.85. The minimum atomic E-state index is -1.57. The van der Waals surface area contributed by atoms with Gasteiger partial charge < -0.3 is 10.2 Å². The van der Waals surface area contributed by atoms with Gasteiger partial charge in [0.1, 0.15) is 6.10 Å². The molecule has 1 aliphatic carbocycles. The van der Waals surface area contributed by atoms with Crippen LogP contribution in [0.2, 0.25) is 0 Å². The van der Waals surface area contributed by atoms with E-state index in [0.29, 0.717) is 0 Å². The van der Waals surface area contributed by atoms with Gasteiger partial charge in [-0.15, -0.1) is 12.4 Å². The van der Waals surface area contributed by atoms with E-state index in [1.165, 1.54) is 12.2 Å². The molecular weight excluding hydrogens is 154 g/mol. The number of hydrogen-bond acceptors (Lipinski definition) is 3. The molecule has 0 saturated heterocycles. The molecule has 0 heterocycles. The first-order valence-corrected chi connectivity index (χ1v) is 2.68. The van der Waals surface area contributed by atoms with Gasteiger partial charge in [0.05, 0.1) is 0 Å². The zero-order valence-corrected chi connectivity index (χ0v) is 6.08. The van der Waals surface area contributed by atoms with E-state index in [4.69, 9.17) is 15.9 Å². The standard InChI is InChI=1S/C6H9NO2.ClH/c7-6(9)4-2-1-3-5(6)8;/h1-5,8-9H,7H2;1H. The zero-order valence-electron chi connectivity index (χ0n) is 5.27. The lowest BCUT2D eigenvalue weighted by molar-refractivity contribution is -0.0103. The van der Waals surface area contributed by atoms with Crippen molar-refractivity contribution >= 4 is 12.4 Å². The van der Waals surface area contributed by atoms with Crippen molar-refractivity contribution in [3.8, 4) is 0 Å². The normalized spacial score (nSPS) is 37.3. The molecule has 0 saturated carbocycles. The summed E-state index contributed by atoms with van der Waals surface area (Å²) < 4.78 is 0. The maximum atomic E-state index is 9.03. The van der Waals surface area contributed by atoms with Crippen LogP contribution in [0.3, 0.4) is 0 Å². The highest BCUT2D eigenvalue weighted by Gasteiger charge is 2.26. The number of allylic oxidation sites excluding steroid dienone is 2. The second-order valence-electron chi connectivity index (χ2n) is 2.08. The average Bonchev–Trinajstić information content (AvgIpc) is 1.77. The van der Waals surface area contributed by atoms with Gasteiger partial charge in [0.15, 0.2) is 5.72 Å². The fourth-order valence-corrected chi connectivity index (χ4v) is 0.632. The van der Waals surface area contributed by atoms with Crippen LogP contribution in [0.5, 0.6) is 0 Å². The Bertz CT molecular complexity index is 165. The summed E-state index contributed by atoms with van der Waals surface area (Å²) in [5.41, 5.74) is 3.61. The molecule has 0 amide bonds. The van der Waals surface area contributed by atoms with Gasteiger partial charge in [-0.05, 0) is 6.08 Å². The second kappa shape index (κ2) is 3.16. The Kier molecular flexibility index (Phi) is 3.05. The van der Waals surface area contributed by atoms with Crippen molar-refractivity contribution in [3.05, 3.63) is 24.3 Å². The maximum absolute atomic E-state index is 9.03. The number of nitrogens with two attached hydrogens (primary N) is 1. The Morgan fingerprint density at radius 1 is 1.40 bits per heavy atom. The van der Waals surface area contributed by atoms with Crippen molar-refractivity contribution < 1.29 is 10.2 Å². The molecule has 1 aliphatic rings. The summed E-state index contributed by atoms with van der Waals surface area (Å²) in [6.45, 7) is 0. The molecule has 0 aliphatic heterocycles. The van der Waals surface area contributed by atoms with E-state index in [-0.39, 0.29) is 12.4 Å². The van der Waals surface area contributed by atoms with Crippen LogP contribution in [-0.2, 0) is 0 Å². The van der Waals surface area contributed by atoms with E-state index >= 15 is 0 Å². The molecule has 0 bridgehead atoms. The van der Waals surface area contributed by atoms with Crippen LogP contribution in [0, 0.1) is 0 Å². The van der Waals surface area contributed by atoms with Gasteiger partial charge >= 0.3 is 0 Å². The molecule has 3 nitrogen and oxygen atoms in total. The Morgan fingerprint density at radius 3 is 2.30 bits per heavy atom. The summed E-state index contributed by atoms with van der Waals surface area (Å²) in [5.74, 6) is 0. The number of rotatable bonds is 0. The van der Waals surface area contributed by atoms with Crippen molar-refractivity contribution in [2.45, 2.75) is 11.8 Å². The summed E-state index contributed by atoms with van der Waals surface area (Å²) in [6, 6.07) is 0. The number of aliphatic hydroxyl groups excluding tert-OH is 1. The molecule has 0 aromatic carbocycles. The summed E-state index contributed by atoms with van der Waals surface area (Å²) in [6.07, 6.45) is 5.01. The van der Waals surface area contributed by atoms with E-state index in [9.17, 15) is 0 Å². The van der Waals surface area contributed by atoms with Crippen molar-refractivity contribution in [2.24, 2.45) is 5.73 Å². The van der Waals surface area contributed by atoms with Crippen LogP contribution in [0.4, 0.5) is 0 Å². The maximum Gasteiger partial charge on any atom is 0.162 e. The molecule has 4 heteroatoms. The predicted octanol–water partition coefficient (Wildman–Crippen LogP) is -0.458. The molecule has 58 valence electrons. The van der Waals surface area contributed by atoms with Gasteiger partial charge in [0.25, 0.3) is 0 Å². The lowest BCUT2D eigenvalue weighted by Crippen LogP contribution is -2.48. The largest absolute Gasteiger partial charge is 0.384 e. The molecule has 0 fully saturated rings. The summed E-state index contributed by atoms with van der Waals surface area (Å²) >= 11 is 0. The summed E-state index contributed by atoms with van der Waals surface area (Å²) in [4.78, 5) is 0. The molecule has 0 aromatic heterocycles. The quantitative estimate of drug-likeness (QED) is 0.424. The number of aliphatic hydroxyl groups is 2. The third-order valence-electron chi connectivity index (χ3n) is 1.24. The molecule has 0 spiro atoms. The molecule has 0 aromatic rings. The lowest BCUT2D eigenvalue weighted by Gasteiger charge is -2.24. The van der Waals surface area contributed by atoms with Crippen molar-refractivity contribution in [3.63, 3.8) is 0 Å². The molecule has 10 heavy (non-hydrogen) atoms. The van der Waals surface area contributed by atoms with Gasteiger partial charge in [-0.1, -0.05) is 18.2 Å². The highest BCUT2D eigenvalue weighted by atomic mass is 35.5. The number of hydrogen-bond donors (Lipinski definition) is 3. The first kappa shape index (κ1) is 9.65. The molecule has 1 rings (SSSR count). The molecule has 4 N–H and O–H groups in total. The first-order chi connectivity index (χ1) is 4.13. The Hall–Kier alpha value is -0.350. The van der Waals surface area contributed by atoms with E-state index in [1.807, 2.05) is 0 Å². The van der Waals surface area contributed by atoms with E-state index in [2.05, 4.69) is 0 Å². The Labute approximate surface area is 65.3 Å². The second-order valence-corrected chi connectivity index (χ2v) is 2.08. The van der Waals surface area contributed by atoms with Crippen LogP contribution < -0.4 is 5.73 Å². The molecule has 2 unspecified atom stereocenters. The smallest absolute Gasteiger partial charge is 0.162 e. The molecule has 2 atom stereocenters. The van der Waals surface area contributed by atoms with E-state index in [1.54, 1.807) is 12.2 Å². The summed E-state index contributed by atoms with van der Waals surface area (Å²) in [7, 11) is 0. The van der Waals surface area contributed by atoms with Crippen molar-refractivity contribution in [1.82, 2.24) is 0 Å². The fourth-order valence-electron chi connectivity index (χ4n) is 0.632. The highest BCUT2D eigenvalue weighted by Crippen LogP contribution is 2.10. The van der Waals surface area contributed by atoms with Crippen LogP contribution in [0.25, 0.3) is 0 Å². The topological polar surface area (TPSA) is 66.5 Å². The van der Waals surface area contributed by atoms with Gasteiger partial charge in [-0.2, -0.15) is 0 Å². The van der Waals surface area contributed by atoms with Crippen molar-refractivity contribution in [2.75, 3.05) is 0 Å². The molecule has 0 radical (unpaired) electrons. The minimum Gasteiger partial charge on any atom is -0.384 e. The molecular formula is C6H10ClNO2. The first-order valence-electron chi connectivity index (χ1n) is 2.68. The average molecular weight is 164 g/mol. The Morgan fingerprint density at radius 2 is 2.00 bits per heavy atom. The monoisotopic (exact) mass is 163 g/mol. The number of halogens is 1. The zero-order chi connectivity index (χ0) is 6.91. The predicted molar refractivity (Wildman–Crippen MR) is 40.7 cm³/mol. The fraction of sp³-hybridized carbons (Fsp3) is 0.333. The summed E-state index contributed by atoms with van der Waals surface area (Å²) in [5, 5.41) is 18.0. The Balaban J connectivity index is 0.000000810. The SMILES string of the molecule is Cl.NC1(O)C=CC=CC1O. The third kappa shape index (κ3) is 1.82.